The zero-order chi connectivity index (χ0) is 19.2. The summed E-state index contributed by atoms with van der Waals surface area (Å²) in [7, 11) is 0. The number of hydrogen-bond donors (Lipinski definition) is 1. The van der Waals surface area contributed by atoms with Gasteiger partial charge in [-0.1, -0.05) is 13.0 Å². The number of amides is 1. The SMILES string of the molecule is CCC(=O)Nc1ccc(C(=O)COC(=O)c2ccc3c(c2)CCCC3)cc1. The Bertz CT molecular complexity index is 855. The minimum atomic E-state index is -0.483. The van der Waals surface area contributed by atoms with Crippen molar-refractivity contribution < 1.29 is 19.1 Å². The predicted molar refractivity (Wildman–Crippen MR) is 103 cm³/mol. The Balaban J connectivity index is 1.57. The van der Waals surface area contributed by atoms with Crippen LogP contribution < -0.4 is 5.32 Å². The molecule has 0 spiro atoms. The smallest absolute Gasteiger partial charge is 0.338 e. The summed E-state index contributed by atoms with van der Waals surface area (Å²) >= 11 is 0. The van der Waals surface area contributed by atoms with Gasteiger partial charge in [0.15, 0.2) is 12.4 Å². The van der Waals surface area contributed by atoms with Gasteiger partial charge in [-0.25, -0.2) is 4.79 Å². The topological polar surface area (TPSA) is 72.5 Å². The summed E-state index contributed by atoms with van der Waals surface area (Å²) in [5.74, 6) is -0.855. The molecule has 0 radical (unpaired) electrons. The molecule has 0 saturated carbocycles. The third-order valence-electron chi connectivity index (χ3n) is 4.73. The van der Waals surface area contributed by atoms with Gasteiger partial charge in [-0.2, -0.15) is 0 Å². The van der Waals surface area contributed by atoms with Crippen LogP contribution in [0.15, 0.2) is 42.5 Å². The van der Waals surface area contributed by atoms with E-state index in [1.165, 1.54) is 17.5 Å². The second-order valence-electron chi connectivity index (χ2n) is 6.67. The lowest BCUT2D eigenvalue weighted by Crippen LogP contribution is -2.15. The Hall–Kier alpha value is -2.95. The monoisotopic (exact) mass is 365 g/mol. The van der Waals surface area contributed by atoms with E-state index < -0.39 is 5.97 Å². The van der Waals surface area contributed by atoms with E-state index >= 15 is 0 Å². The maximum atomic E-state index is 12.3. The largest absolute Gasteiger partial charge is 0.454 e. The highest BCUT2D eigenvalue weighted by atomic mass is 16.5. The number of esters is 1. The molecular formula is C22H23NO4. The Kier molecular flexibility index (Phi) is 6.01. The van der Waals surface area contributed by atoms with Crippen LogP contribution in [0, 0.1) is 0 Å². The van der Waals surface area contributed by atoms with Crippen LogP contribution in [0.5, 0.6) is 0 Å². The highest BCUT2D eigenvalue weighted by Gasteiger charge is 2.15. The van der Waals surface area contributed by atoms with Gasteiger partial charge >= 0.3 is 5.97 Å². The average Bonchev–Trinajstić information content (AvgIpc) is 2.71. The summed E-state index contributed by atoms with van der Waals surface area (Å²) in [6.45, 7) is 1.46. The van der Waals surface area contributed by atoms with Crippen LogP contribution in [0.3, 0.4) is 0 Å². The fourth-order valence-electron chi connectivity index (χ4n) is 3.15. The molecule has 0 saturated heterocycles. The first-order valence-electron chi connectivity index (χ1n) is 9.29. The van der Waals surface area contributed by atoms with Crippen molar-refractivity contribution in [3.63, 3.8) is 0 Å². The molecule has 140 valence electrons. The molecule has 2 aromatic rings. The molecule has 0 unspecified atom stereocenters. The molecule has 0 bridgehead atoms. The number of fused-ring (bicyclic) bond motifs is 1. The van der Waals surface area contributed by atoms with Gasteiger partial charge in [0.05, 0.1) is 5.56 Å². The van der Waals surface area contributed by atoms with Crippen LogP contribution in [-0.4, -0.2) is 24.3 Å². The highest BCUT2D eigenvalue weighted by molar-refractivity contribution is 6.00. The zero-order valence-electron chi connectivity index (χ0n) is 15.4. The van der Waals surface area contributed by atoms with Crippen molar-refractivity contribution in [1.82, 2.24) is 0 Å². The maximum Gasteiger partial charge on any atom is 0.338 e. The molecule has 1 aliphatic rings. The second-order valence-corrected chi connectivity index (χ2v) is 6.67. The van der Waals surface area contributed by atoms with E-state index in [1.54, 1.807) is 37.3 Å². The number of benzene rings is 2. The number of carbonyl (C=O) groups is 3. The van der Waals surface area contributed by atoms with Crippen molar-refractivity contribution >= 4 is 23.3 Å². The zero-order valence-corrected chi connectivity index (χ0v) is 15.4. The number of aryl methyl sites for hydroxylation is 2. The third-order valence-corrected chi connectivity index (χ3v) is 4.73. The maximum absolute atomic E-state index is 12.3. The molecule has 0 fully saturated rings. The van der Waals surface area contributed by atoms with Crippen LogP contribution in [0.1, 0.15) is 58.0 Å². The lowest BCUT2D eigenvalue weighted by molar-refractivity contribution is -0.115. The van der Waals surface area contributed by atoms with Gasteiger partial charge in [0.25, 0.3) is 0 Å². The fourth-order valence-corrected chi connectivity index (χ4v) is 3.15. The fraction of sp³-hybridized carbons (Fsp3) is 0.318. The van der Waals surface area contributed by atoms with Crippen molar-refractivity contribution in [1.29, 1.82) is 0 Å². The molecule has 2 aromatic carbocycles. The second kappa shape index (κ2) is 8.62. The number of hydrogen-bond acceptors (Lipinski definition) is 4. The van der Waals surface area contributed by atoms with Gasteiger partial charge in [0.1, 0.15) is 0 Å². The Labute approximate surface area is 158 Å². The van der Waals surface area contributed by atoms with E-state index in [9.17, 15) is 14.4 Å². The molecule has 3 rings (SSSR count). The molecule has 0 aliphatic heterocycles. The minimum absolute atomic E-state index is 0.0898. The molecule has 1 amide bonds. The van der Waals surface area contributed by atoms with Crippen LogP contribution in [0.2, 0.25) is 0 Å². The molecule has 1 N–H and O–H groups in total. The Morgan fingerprint density at radius 3 is 2.30 bits per heavy atom. The number of ether oxygens (including phenoxy) is 1. The first-order chi connectivity index (χ1) is 13.1. The van der Waals surface area contributed by atoms with E-state index in [0.29, 0.717) is 23.2 Å². The first-order valence-corrected chi connectivity index (χ1v) is 9.29. The van der Waals surface area contributed by atoms with E-state index in [4.69, 9.17) is 4.74 Å². The van der Waals surface area contributed by atoms with Crippen molar-refractivity contribution in [2.24, 2.45) is 0 Å². The minimum Gasteiger partial charge on any atom is -0.454 e. The summed E-state index contributed by atoms with van der Waals surface area (Å²) in [4.78, 5) is 35.9. The van der Waals surface area contributed by atoms with Crippen LogP contribution in [0.4, 0.5) is 5.69 Å². The highest BCUT2D eigenvalue weighted by Crippen LogP contribution is 2.22. The number of carbonyl (C=O) groups excluding carboxylic acids is 3. The average molecular weight is 365 g/mol. The van der Waals surface area contributed by atoms with Crippen LogP contribution in [0.25, 0.3) is 0 Å². The van der Waals surface area contributed by atoms with E-state index in [0.717, 1.165) is 19.3 Å². The summed E-state index contributed by atoms with van der Waals surface area (Å²) < 4.78 is 5.19. The Morgan fingerprint density at radius 1 is 0.926 bits per heavy atom. The van der Waals surface area contributed by atoms with Gasteiger partial charge in [-0.3, -0.25) is 9.59 Å². The van der Waals surface area contributed by atoms with E-state index in [1.807, 2.05) is 12.1 Å². The summed E-state index contributed by atoms with van der Waals surface area (Å²) in [6, 6.07) is 12.2. The van der Waals surface area contributed by atoms with E-state index in [-0.39, 0.29) is 18.3 Å². The first kappa shape index (κ1) is 18.8. The molecule has 5 heteroatoms. The van der Waals surface area contributed by atoms with Gasteiger partial charge in [-0.15, -0.1) is 0 Å². The van der Waals surface area contributed by atoms with Crippen molar-refractivity contribution in [3.8, 4) is 0 Å². The summed E-state index contributed by atoms with van der Waals surface area (Å²) in [5, 5.41) is 2.72. The molecule has 5 nitrogen and oxygen atoms in total. The van der Waals surface area contributed by atoms with E-state index in [2.05, 4.69) is 5.32 Å². The van der Waals surface area contributed by atoms with Gasteiger partial charge < -0.3 is 10.1 Å². The number of ketones is 1. The Morgan fingerprint density at radius 2 is 1.59 bits per heavy atom. The molecular weight excluding hydrogens is 342 g/mol. The van der Waals surface area contributed by atoms with Crippen molar-refractivity contribution in [2.75, 3.05) is 11.9 Å². The number of rotatable bonds is 6. The lowest BCUT2D eigenvalue weighted by atomic mass is 9.90. The lowest BCUT2D eigenvalue weighted by Gasteiger charge is -2.16. The van der Waals surface area contributed by atoms with Crippen molar-refractivity contribution in [2.45, 2.75) is 39.0 Å². The normalized spacial score (nSPS) is 12.8. The molecule has 1 aliphatic carbocycles. The van der Waals surface area contributed by atoms with Crippen LogP contribution >= 0.6 is 0 Å². The summed E-state index contributed by atoms with van der Waals surface area (Å²) in [5.41, 5.74) is 4.05. The number of Topliss-reactive ketones (excluding diaryl/α,β-unsaturated/α-hetero) is 1. The number of anilines is 1. The van der Waals surface area contributed by atoms with Gasteiger partial charge in [0, 0.05) is 17.7 Å². The summed E-state index contributed by atoms with van der Waals surface area (Å²) in [6.07, 6.45) is 4.75. The predicted octanol–water partition coefficient (Wildman–Crippen LogP) is 3.95. The van der Waals surface area contributed by atoms with Crippen LogP contribution in [-0.2, 0) is 22.4 Å². The molecule has 0 heterocycles. The third kappa shape index (κ3) is 4.82. The number of nitrogens with one attached hydrogen (secondary N) is 1. The van der Waals surface area contributed by atoms with Gasteiger partial charge in [-0.05, 0) is 73.2 Å². The molecule has 27 heavy (non-hydrogen) atoms. The van der Waals surface area contributed by atoms with Gasteiger partial charge in [0.2, 0.25) is 5.91 Å². The molecule has 0 aromatic heterocycles. The van der Waals surface area contributed by atoms with Crippen molar-refractivity contribution in [3.05, 3.63) is 64.7 Å². The quantitative estimate of drug-likeness (QED) is 0.621. The standard InChI is InChI=1S/C22H23NO4/c1-2-21(25)23-19-11-9-16(10-12-19)20(24)14-27-22(26)18-8-7-15-5-3-4-6-17(15)13-18/h7-13H,2-6,14H2,1H3,(H,23,25). The molecule has 0 atom stereocenters.